The van der Waals surface area contributed by atoms with Gasteiger partial charge in [-0.1, -0.05) is 23.5 Å². The molecule has 0 aliphatic carbocycles. The summed E-state index contributed by atoms with van der Waals surface area (Å²) in [5.41, 5.74) is 8.14. The molecule has 1 aromatic carbocycles. The van der Waals surface area contributed by atoms with Gasteiger partial charge >= 0.3 is 10.8 Å². The number of nitrogen functional groups attached to an aromatic ring is 1. The Morgan fingerprint density at radius 3 is 2.70 bits per heavy atom. The third-order valence-corrected chi connectivity index (χ3v) is 3.74. The minimum atomic E-state index is -0.262. The van der Waals surface area contributed by atoms with Gasteiger partial charge in [-0.25, -0.2) is 0 Å². The average molecular weight is 292 g/mol. The number of rotatable bonds is 5. The van der Waals surface area contributed by atoms with Crippen molar-refractivity contribution in [1.82, 2.24) is 4.57 Å². The van der Waals surface area contributed by atoms with Gasteiger partial charge in [-0.15, -0.1) is 0 Å². The number of benzene rings is 1. The van der Waals surface area contributed by atoms with Crippen LogP contribution in [0.25, 0.3) is 11.3 Å². The molecule has 0 spiro atoms. The molecule has 5 nitrogen and oxygen atoms in total. The van der Waals surface area contributed by atoms with E-state index >= 15 is 0 Å². The van der Waals surface area contributed by atoms with Crippen LogP contribution in [0.2, 0.25) is 0 Å². The highest BCUT2D eigenvalue weighted by Gasteiger charge is 2.09. The Bertz CT molecular complexity index is 643. The molecule has 0 saturated heterocycles. The number of aromatic nitrogens is 1. The van der Waals surface area contributed by atoms with Crippen molar-refractivity contribution in [3.8, 4) is 11.3 Å². The molecule has 20 heavy (non-hydrogen) atoms. The van der Waals surface area contributed by atoms with Crippen molar-refractivity contribution < 1.29 is 9.53 Å². The van der Waals surface area contributed by atoms with E-state index in [4.69, 9.17) is 5.73 Å². The van der Waals surface area contributed by atoms with E-state index in [1.165, 1.54) is 7.11 Å². The Labute approximate surface area is 120 Å². The van der Waals surface area contributed by atoms with Crippen LogP contribution in [0.15, 0.2) is 34.4 Å². The molecule has 6 heteroatoms. The quantitative estimate of drug-likeness (QED) is 0.676. The Kier molecular flexibility index (Phi) is 4.57. The minimum absolute atomic E-state index is 0.0262. The molecule has 0 amide bonds. The maximum absolute atomic E-state index is 11.9. The van der Waals surface area contributed by atoms with Crippen molar-refractivity contribution in [1.29, 1.82) is 0 Å². The molecule has 0 bridgehead atoms. The molecule has 2 N–H and O–H groups in total. The fraction of sp³-hybridized carbons (Fsp3) is 0.286. The maximum Gasteiger partial charge on any atom is 0.307 e. The van der Waals surface area contributed by atoms with Crippen LogP contribution in [0.1, 0.15) is 12.8 Å². The number of carbonyl (C=O) groups excluding carboxylic acids is 1. The number of methoxy groups -OCH3 is 1. The van der Waals surface area contributed by atoms with E-state index in [1.54, 1.807) is 16.7 Å². The summed E-state index contributed by atoms with van der Waals surface area (Å²) < 4.78 is 6.27. The zero-order chi connectivity index (χ0) is 14.5. The van der Waals surface area contributed by atoms with Gasteiger partial charge in [0.15, 0.2) is 0 Å². The van der Waals surface area contributed by atoms with Gasteiger partial charge in [0.1, 0.15) is 0 Å². The number of hydrogen-bond donors (Lipinski definition) is 1. The highest BCUT2D eigenvalue weighted by atomic mass is 32.1. The lowest BCUT2D eigenvalue weighted by Gasteiger charge is -2.07. The van der Waals surface area contributed by atoms with E-state index in [2.05, 4.69) is 4.74 Å². The van der Waals surface area contributed by atoms with Gasteiger partial charge < -0.3 is 10.5 Å². The molecule has 2 aromatic rings. The predicted molar refractivity (Wildman–Crippen MR) is 79.7 cm³/mol. The van der Waals surface area contributed by atoms with Crippen molar-refractivity contribution in [2.75, 3.05) is 12.8 Å². The minimum Gasteiger partial charge on any atom is -0.469 e. The van der Waals surface area contributed by atoms with Crippen LogP contribution in [0.3, 0.4) is 0 Å². The molecule has 1 heterocycles. The molecule has 0 unspecified atom stereocenters. The van der Waals surface area contributed by atoms with E-state index in [0.29, 0.717) is 25.1 Å². The van der Waals surface area contributed by atoms with Gasteiger partial charge in [-0.3, -0.25) is 14.2 Å². The number of nitrogens with two attached hydrogens (primary N) is 1. The SMILES string of the molecule is COC(=O)CCCn1c(-c2ccc(N)cc2)csc1=O. The predicted octanol–water partition coefficient (Wildman–Crippen LogP) is 2.11. The lowest BCUT2D eigenvalue weighted by Crippen LogP contribution is -2.15. The lowest BCUT2D eigenvalue weighted by molar-refractivity contribution is -0.140. The molecule has 106 valence electrons. The summed E-state index contributed by atoms with van der Waals surface area (Å²) in [4.78, 5) is 22.9. The molecule has 2 rings (SSSR count). The van der Waals surface area contributed by atoms with Gasteiger partial charge in [0.05, 0.1) is 12.8 Å². The molecule has 0 aliphatic heterocycles. The Morgan fingerprint density at radius 1 is 1.35 bits per heavy atom. The molecule has 0 atom stereocenters. The number of esters is 1. The molecule has 1 aromatic heterocycles. The first-order chi connectivity index (χ1) is 9.61. The first kappa shape index (κ1) is 14.3. The monoisotopic (exact) mass is 292 g/mol. The highest BCUT2D eigenvalue weighted by Crippen LogP contribution is 2.21. The number of carbonyl (C=O) groups is 1. The van der Waals surface area contributed by atoms with E-state index in [1.807, 2.05) is 17.5 Å². The summed E-state index contributed by atoms with van der Waals surface area (Å²) in [5, 5.41) is 1.83. The number of hydrogen-bond acceptors (Lipinski definition) is 5. The topological polar surface area (TPSA) is 74.3 Å². The summed E-state index contributed by atoms with van der Waals surface area (Å²) >= 11 is 1.15. The number of thiazole rings is 1. The number of ether oxygens (including phenoxy) is 1. The van der Waals surface area contributed by atoms with Crippen molar-refractivity contribution in [2.24, 2.45) is 0 Å². The summed E-state index contributed by atoms with van der Waals surface area (Å²) in [6, 6.07) is 7.37. The highest BCUT2D eigenvalue weighted by molar-refractivity contribution is 7.07. The zero-order valence-corrected chi connectivity index (χ0v) is 12.0. The fourth-order valence-electron chi connectivity index (χ4n) is 1.90. The van der Waals surface area contributed by atoms with Crippen LogP contribution < -0.4 is 10.6 Å². The first-order valence-corrected chi connectivity index (χ1v) is 7.11. The number of anilines is 1. The molecule has 0 saturated carbocycles. The van der Waals surface area contributed by atoms with Crippen LogP contribution in [0.5, 0.6) is 0 Å². The summed E-state index contributed by atoms with van der Waals surface area (Å²) in [6.45, 7) is 0.497. The first-order valence-electron chi connectivity index (χ1n) is 6.23. The normalized spacial score (nSPS) is 10.4. The molecular formula is C14H16N2O3S. The van der Waals surface area contributed by atoms with Gasteiger partial charge in [0, 0.05) is 24.0 Å². The van der Waals surface area contributed by atoms with Gasteiger partial charge in [-0.05, 0) is 24.1 Å². The second-order valence-corrected chi connectivity index (χ2v) is 5.16. The molecular weight excluding hydrogens is 276 g/mol. The average Bonchev–Trinajstić information content (AvgIpc) is 2.81. The number of nitrogens with zero attached hydrogens (tertiary/aromatic N) is 1. The standard InChI is InChI=1S/C14H16N2O3S/c1-19-13(17)3-2-8-16-12(9-20-14(16)18)10-4-6-11(15)7-5-10/h4-7,9H,2-3,8,15H2,1H3. The molecule has 0 fully saturated rings. The van der Waals surface area contributed by atoms with E-state index in [-0.39, 0.29) is 10.8 Å². The van der Waals surface area contributed by atoms with Gasteiger partial charge in [-0.2, -0.15) is 0 Å². The zero-order valence-electron chi connectivity index (χ0n) is 11.2. The third-order valence-electron chi connectivity index (χ3n) is 2.98. The van der Waals surface area contributed by atoms with E-state index in [0.717, 1.165) is 22.6 Å². The second-order valence-electron chi connectivity index (χ2n) is 4.34. The van der Waals surface area contributed by atoms with Crippen LogP contribution in [-0.4, -0.2) is 17.6 Å². The van der Waals surface area contributed by atoms with Crippen LogP contribution in [0, 0.1) is 0 Å². The Morgan fingerprint density at radius 2 is 2.05 bits per heavy atom. The summed E-state index contributed by atoms with van der Waals surface area (Å²) in [5.74, 6) is -0.262. The van der Waals surface area contributed by atoms with E-state index in [9.17, 15) is 9.59 Å². The summed E-state index contributed by atoms with van der Waals surface area (Å²) in [7, 11) is 1.36. The fourth-order valence-corrected chi connectivity index (χ4v) is 2.70. The third kappa shape index (κ3) is 3.27. The van der Waals surface area contributed by atoms with E-state index < -0.39 is 0 Å². The summed E-state index contributed by atoms with van der Waals surface area (Å²) in [6.07, 6.45) is 0.880. The lowest BCUT2D eigenvalue weighted by atomic mass is 10.1. The van der Waals surface area contributed by atoms with Crippen LogP contribution in [0.4, 0.5) is 5.69 Å². The molecule has 0 aliphatic rings. The van der Waals surface area contributed by atoms with Crippen molar-refractivity contribution in [3.63, 3.8) is 0 Å². The Balaban J connectivity index is 2.17. The largest absolute Gasteiger partial charge is 0.469 e. The van der Waals surface area contributed by atoms with Crippen LogP contribution >= 0.6 is 11.3 Å². The second kappa shape index (κ2) is 6.38. The smallest absolute Gasteiger partial charge is 0.307 e. The van der Waals surface area contributed by atoms with Crippen molar-refractivity contribution in [2.45, 2.75) is 19.4 Å². The maximum atomic E-state index is 11.9. The van der Waals surface area contributed by atoms with Gasteiger partial charge in [0.2, 0.25) is 0 Å². The van der Waals surface area contributed by atoms with Gasteiger partial charge in [0.25, 0.3) is 0 Å². The van der Waals surface area contributed by atoms with Crippen molar-refractivity contribution in [3.05, 3.63) is 39.3 Å². The molecule has 0 radical (unpaired) electrons. The Hall–Kier alpha value is -2.08. The van der Waals surface area contributed by atoms with Crippen LogP contribution in [-0.2, 0) is 16.1 Å². The van der Waals surface area contributed by atoms with Crippen molar-refractivity contribution >= 4 is 23.0 Å².